The molecular weight excluding hydrogens is 267 g/mol. The summed E-state index contributed by atoms with van der Waals surface area (Å²) in [5, 5.41) is 0. The normalized spacial score (nSPS) is 23.7. The molecule has 106 valence electrons. The van der Waals surface area contributed by atoms with Gasteiger partial charge in [-0.3, -0.25) is 0 Å². The first-order valence-corrected chi connectivity index (χ1v) is 7.90. The molecule has 1 saturated carbocycles. The van der Waals surface area contributed by atoms with Crippen LogP contribution in [-0.4, -0.2) is 21.0 Å². The zero-order valence-corrected chi connectivity index (χ0v) is 11.7. The largest absolute Gasteiger partial charge is 0.330 e. The quantitative estimate of drug-likeness (QED) is 0.882. The van der Waals surface area contributed by atoms with Crippen LogP contribution < -0.4 is 10.5 Å². The van der Waals surface area contributed by atoms with Crippen molar-refractivity contribution in [3.8, 4) is 0 Å². The predicted octanol–water partition coefficient (Wildman–Crippen LogP) is 1.54. The van der Waals surface area contributed by atoms with Crippen LogP contribution in [-0.2, 0) is 10.0 Å². The van der Waals surface area contributed by atoms with Crippen molar-refractivity contribution in [3.63, 3.8) is 0 Å². The SMILES string of the molecule is Cc1cc(F)cc(S(=O)(=O)N[C@@H]2CCC[C@@H]2CN)c1. The summed E-state index contributed by atoms with van der Waals surface area (Å²) in [7, 11) is -3.68. The highest BCUT2D eigenvalue weighted by Gasteiger charge is 2.30. The van der Waals surface area contributed by atoms with Crippen molar-refractivity contribution in [3.05, 3.63) is 29.6 Å². The lowest BCUT2D eigenvalue weighted by Crippen LogP contribution is -2.39. The van der Waals surface area contributed by atoms with Gasteiger partial charge in [0.15, 0.2) is 0 Å². The zero-order chi connectivity index (χ0) is 14.0. The van der Waals surface area contributed by atoms with Crippen molar-refractivity contribution in [2.45, 2.75) is 37.1 Å². The van der Waals surface area contributed by atoms with Crippen molar-refractivity contribution in [1.82, 2.24) is 4.72 Å². The molecule has 1 fully saturated rings. The molecule has 2 atom stereocenters. The highest BCUT2D eigenvalue weighted by molar-refractivity contribution is 7.89. The fraction of sp³-hybridized carbons (Fsp3) is 0.538. The van der Waals surface area contributed by atoms with E-state index in [0.29, 0.717) is 12.1 Å². The maximum Gasteiger partial charge on any atom is 0.240 e. The van der Waals surface area contributed by atoms with Gasteiger partial charge in [0.25, 0.3) is 0 Å². The Morgan fingerprint density at radius 3 is 2.74 bits per heavy atom. The Balaban J connectivity index is 2.22. The van der Waals surface area contributed by atoms with Crippen LogP contribution >= 0.6 is 0 Å². The van der Waals surface area contributed by atoms with Crippen LogP contribution in [0, 0.1) is 18.7 Å². The van der Waals surface area contributed by atoms with E-state index in [-0.39, 0.29) is 16.9 Å². The van der Waals surface area contributed by atoms with Crippen molar-refractivity contribution in [2.75, 3.05) is 6.54 Å². The Hall–Kier alpha value is -0.980. The number of nitrogens with one attached hydrogen (secondary N) is 1. The van der Waals surface area contributed by atoms with E-state index in [2.05, 4.69) is 4.72 Å². The van der Waals surface area contributed by atoms with Gasteiger partial charge in [0.1, 0.15) is 5.82 Å². The van der Waals surface area contributed by atoms with Crippen molar-refractivity contribution in [2.24, 2.45) is 11.7 Å². The summed E-state index contributed by atoms with van der Waals surface area (Å²) in [6.45, 7) is 2.13. The maximum absolute atomic E-state index is 13.3. The topological polar surface area (TPSA) is 72.2 Å². The van der Waals surface area contributed by atoms with Crippen LogP contribution in [0.1, 0.15) is 24.8 Å². The number of rotatable bonds is 4. The molecule has 1 aliphatic rings. The second kappa shape index (κ2) is 5.56. The van der Waals surface area contributed by atoms with Crippen LogP contribution in [0.5, 0.6) is 0 Å². The highest BCUT2D eigenvalue weighted by atomic mass is 32.2. The average molecular weight is 286 g/mol. The molecule has 0 saturated heterocycles. The minimum atomic E-state index is -3.68. The molecule has 0 bridgehead atoms. The van der Waals surface area contributed by atoms with E-state index in [9.17, 15) is 12.8 Å². The number of aryl methyl sites for hydroxylation is 1. The molecule has 0 radical (unpaired) electrons. The van der Waals surface area contributed by atoms with Gasteiger partial charge in [-0.2, -0.15) is 0 Å². The molecular formula is C13H19FN2O2S. The monoisotopic (exact) mass is 286 g/mol. The Kier molecular flexibility index (Phi) is 4.23. The number of halogens is 1. The minimum absolute atomic E-state index is 0.0207. The van der Waals surface area contributed by atoms with Crippen LogP contribution in [0.4, 0.5) is 4.39 Å². The maximum atomic E-state index is 13.3. The first-order valence-electron chi connectivity index (χ1n) is 6.42. The smallest absolute Gasteiger partial charge is 0.240 e. The van der Waals surface area contributed by atoms with Gasteiger partial charge in [0, 0.05) is 6.04 Å². The molecule has 3 N–H and O–H groups in total. The molecule has 1 aromatic carbocycles. The molecule has 1 aromatic rings. The molecule has 0 unspecified atom stereocenters. The van der Waals surface area contributed by atoms with Gasteiger partial charge in [-0.15, -0.1) is 0 Å². The molecule has 4 nitrogen and oxygen atoms in total. The van der Waals surface area contributed by atoms with Crippen LogP contribution in [0.25, 0.3) is 0 Å². The fourth-order valence-electron chi connectivity index (χ4n) is 2.60. The van der Waals surface area contributed by atoms with Crippen molar-refractivity contribution < 1.29 is 12.8 Å². The lowest BCUT2D eigenvalue weighted by atomic mass is 10.1. The van der Waals surface area contributed by atoms with Crippen LogP contribution in [0.3, 0.4) is 0 Å². The Bertz CT molecular complexity index is 540. The van der Waals surface area contributed by atoms with E-state index < -0.39 is 15.8 Å². The molecule has 0 heterocycles. The van der Waals surface area contributed by atoms with Gasteiger partial charge in [-0.1, -0.05) is 6.42 Å². The summed E-state index contributed by atoms with van der Waals surface area (Å²) in [6, 6.07) is 3.68. The van der Waals surface area contributed by atoms with Crippen molar-refractivity contribution in [1.29, 1.82) is 0 Å². The third kappa shape index (κ3) is 3.32. The first kappa shape index (κ1) is 14.4. The first-order chi connectivity index (χ1) is 8.92. The van der Waals surface area contributed by atoms with E-state index in [0.717, 1.165) is 25.3 Å². The van der Waals surface area contributed by atoms with E-state index in [4.69, 9.17) is 5.73 Å². The standard InChI is InChI=1S/C13H19FN2O2S/c1-9-5-11(14)7-12(6-9)19(17,18)16-13-4-2-3-10(13)8-15/h5-7,10,13,16H,2-4,8,15H2,1H3/t10-,13-/m1/s1. The van der Waals surface area contributed by atoms with Gasteiger partial charge >= 0.3 is 0 Å². The summed E-state index contributed by atoms with van der Waals surface area (Å²) >= 11 is 0. The Morgan fingerprint density at radius 2 is 2.11 bits per heavy atom. The van der Waals surface area contributed by atoms with Gasteiger partial charge in [0.05, 0.1) is 4.90 Å². The van der Waals surface area contributed by atoms with Gasteiger partial charge in [-0.05, 0) is 56.0 Å². The second-order valence-electron chi connectivity index (χ2n) is 5.12. The highest BCUT2D eigenvalue weighted by Crippen LogP contribution is 2.26. The van der Waals surface area contributed by atoms with Gasteiger partial charge < -0.3 is 5.73 Å². The number of benzene rings is 1. The molecule has 6 heteroatoms. The molecule has 0 amide bonds. The lowest BCUT2D eigenvalue weighted by Gasteiger charge is -2.19. The van der Waals surface area contributed by atoms with Crippen LogP contribution in [0.2, 0.25) is 0 Å². The van der Waals surface area contributed by atoms with E-state index in [1.807, 2.05) is 0 Å². The number of nitrogens with two attached hydrogens (primary N) is 1. The molecule has 0 aromatic heterocycles. The summed E-state index contributed by atoms with van der Waals surface area (Å²) in [5.74, 6) is -0.369. The van der Waals surface area contributed by atoms with E-state index in [1.165, 1.54) is 12.1 Å². The number of hydrogen-bond donors (Lipinski definition) is 2. The number of hydrogen-bond acceptors (Lipinski definition) is 3. The summed E-state index contributed by atoms with van der Waals surface area (Å²) in [5.41, 5.74) is 6.22. The lowest BCUT2D eigenvalue weighted by molar-refractivity contribution is 0.452. The minimum Gasteiger partial charge on any atom is -0.330 e. The summed E-state index contributed by atoms with van der Waals surface area (Å²) < 4.78 is 40.4. The van der Waals surface area contributed by atoms with Crippen LogP contribution in [0.15, 0.2) is 23.1 Å². The molecule has 2 rings (SSSR count). The predicted molar refractivity (Wildman–Crippen MR) is 71.6 cm³/mol. The third-order valence-corrected chi connectivity index (χ3v) is 5.06. The molecule has 19 heavy (non-hydrogen) atoms. The van der Waals surface area contributed by atoms with Crippen molar-refractivity contribution >= 4 is 10.0 Å². The summed E-state index contributed by atoms with van der Waals surface area (Å²) in [6.07, 6.45) is 2.69. The third-order valence-electron chi connectivity index (χ3n) is 3.59. The van der Waals surface area contributed by atoms with E-state index >= 15 is 0 Å². The van der Waals surface area contributed by atoms with Gasteiger partial charge in [-0.25, -0.2) is 17.5 Å². The summed E-state index contributed by atoms with van der Waals surface area (Å²) in [4.78, 5) is -0.0207. The number of sulfonamides is 1. The zero-order valence-electron chi connectivity index (χ0n) is 10.9. The molecule has 1 aliphatic carbocycles. The van der Waals surface area contributed by atoms with Gasteiger partial charge in [0.2, 0.25) is 10.0 Å². The van der Waals surface area contributed by atoms with E-state index in [1.54, 1.807) is 6.92 Å². The second-order valence-corrected chi connectivity index (χ2v) is 6.83. The Labute approximate surface area is 113 Å². The average Bonchev–Trinajstić information content (AvgIpc) is 2.74. The fourth-order valence-corrected chi connectivity index (χ4v) is 4.05. The Morgan fingerprint density at radius 1 is 1.37 bits per heavy atom. The molecule has 0 spiro atoms. The molecule has 0 aliphatic heterocycles.